The van der Waals surface area contributed by atoms with Crippen molar-refractivity contribution in [1.82, 2.24) is 19.6 Å². The summed E-state index contributed by atoms with van der Waals surface area (Å²) in [6.45, 7) is 7.64. The summed E-state index contributed by atoms with van der Waals surface area (Å²) in [5, 5.41) is 11.5. The van der Waals surface area contributed by atoms with Gasteiger partial charge in [-0.2, -0.15) is 18.3 Å². The quantitative estimate of drug-likeness (QED) is 0.582. The molecule has 32 heavy (non-hydrogen) atoms. The number of aryl methyl sites for hydroxylation is 1. The molecule has 0 saturated carbocycles. The number of amides is 1. The molecular formula is C20H31F3N4O5. The molecule has 1 amide bonds. The first kappa shape index (κ1) is 26.1. The first-order valence-corrected chi connectivity index (χ1v) is 10.4. The Morgan fingerprint density at radius 3 is 2.59 bits per heavy atom. The van der Waals surface area contributed by atoms with Gasteiger partial charge >= 0.3 is 12.1 Å². The molecule has 3 heterocycles. The molecule has 12 heteroatoms. The number of alkyl halides is 3. The molecular weight excluding hydrogens is 433 g/mol. The highest BCUT2D eigenvalue weighted by Gasteiger charge is 2.43. The molecule has 1 N–H and O–H groups in total. The highest BCUT2D eigenvalue weighted by atomic mass is 19.4. The van der Waals surface area contributed by atoms with Crippen LogP contribution >= 0.6 is 0 Å². The molecule has 1 aromatic rings. The normalized spacial score (nSPS) is 22.9. The Hall–Kier alpha value is -2.18. The SMILES string of the molecule is CCn1cc(CN2C[C@H]3[C@@H](CCOCC(=O)N(C)C)CO[C@H]3C2)cn1.O=C(O)C(F)(F)F. The maximum Gasteiger partial charge on any atom is 0.490 e. The van der Waals surface area contributed by atoms with E-state index >= 15 is 0 Å². The van der Waals surface area contributed by atoms with Crippen LogP contribution in [-0.2, 0) is 32.2 Å². The third-order valence-electron chi connectivity index (χ3n) is 5.53. The maximum absolute atomic E-state index is 11.5. The molecule has 2 fully saturated rings. The van der Waals surface area contributed by atoms with Crippen LogP contribution in [0.5, 0.6) is 0 Å². The summed E-state index contributed by atoms with van der Waals surface area (Å²) in [6.07, 6.45) is 0.312. The Morgan fingerprint density at radius 1 is 1.34 bits per heavy atom. The molecule has 2 saturated heterocycles. The van der Waals surface area contributed by atoms with Crippen molar-refractivity contribution in [2.75, 3.05) is 47.0 Å². The minimum Gasteiger partial charge on any atom is -0.475 e. The Labute approximate surface area is 185 Å². The van der Waals surface area contributed by atoms with Crippen LogP contribution in [0.4, 0.5) is 13.2 Å². The number of carbonyl (C=O) groups is 2. The fraction of sp³-hybridized carbons (Fsp3) is 0.750. The van der Waals surface area contributed by atoms with Crippen molar-refractivity contribution in [3.63, 3.8) is 0 Å². The Morgan fingerprint density at radius 2 is 2.03 bits per heavy atom. The number of likely N-dealkylation sites (N-methyl/N-ethyl adjacent to an activating group) is 1. The average Bonchev–Trinajstić information content (AvgIpc) is 3.41. The van der Waals surface area contributed by atoms with Crippen LogP contribution in [0.15, 0.2) is 12.4 Å². The van der Waals surface area contributed by atoms with Gasteiger partial charge in [-0.25, -0.2) is 4.79 Å². The molecule has 2 aliphatic heterocycles. The van der Waals surface area contributed by atoms with E-state index in [0.29, 0.717) is 24.5 Å². The number of carbonyl (C=O) groups excluding carboxylic acids is 1. The molecule has 0 aliphatic carbocycles. The van der Waals surface area contributed by atoms with E-state index in [4.69, 9.17) is 19.4 Å². The average molecular weight is 464 g/mol. The number of carboxylic acids is 1. The number of ether oxygens (including phenoxy) is 2. The van der Waals surface area contributed by atoms with E-state index in [0.717, 1.165) is 39.2 Å². The molecule has 0 aromatic carbocycles. The van der Waals surface area contributed by atoms with Crippen molar-refractivity contribution >= 4 is 11.9 Å². The van der Waals surface area contributed by atoms with Gasteiger partial charge in [-0.15, -0.1) is 0 Å². The van der Waals surface area contributed by atoms with E-state index in [1.807, 2.05) is 10.9 Å². The van der Waals surface area contributed by atoms with Crippen LogP contribution in [0.2, 0.25) is 0 Å². The van der Waals surface area contributed by atoms with Gasteiger partial charge in [-0.05, 0) is 19.3 Å². The van der Waals surface area contributed by atoms with Crippen molar-refractivity contribution in [3.05, 3.63) is 18.0 Å². The van der Waals surface area contributed by atoms with Gasteiger partial charge in [0.05, 0.1) is 18.9 Å². The summed E-state index contributed by atoms with van der Waals surface area (Å²) in [6, 6.07) is 0. The van der Waals surface area contributed by atoms with Gasteiger partial charge in [0.1, 0.15) is 6.61 Å². The summed E-state index contributed by atoms with van der Waals surface area (Å²) in [5.74, 6) is -1.63. The topological polar surface area (TPSA) is 97.1 Å². The van der Waals surface area contributed by atoms with Gasteiger partial charge in [-0.1, -0.05) is 0 Å². The summed E-state index contributed by atoms with van der Waals surface area (Å²) in [7, 11) is 3.50. The Kier molecular flexibility index (Phi) is 9.47. The predicted molar refractivity (Wildman–Crippen MR) is 108 cm³/mol. The number of halogens is 3. The van der Waals surface area contributed by atoms with Crippen molar-refractivity contribution in [2.45, 2.75) is 38.7 Å². The van der Waals surface area contributed by atoms with Crippen molar-refractivity contribution < 1.29 is 37.3 Å². The number of aromatic nitrogens is 2. The van der Waals surface area contributed by atoms with Crippen LogP contribution in [0.3, 0.4) is 0 Å². The second kappa shape index (κ2) is 11.6. The molecule has 182 valence electrons. The van der Waals surface area contributed by atoms with Crippen molar-refractivity contribution in [3.8, 4) is 0 Å². The van der Waals surface area contributed by atoms with Crippen LogP contribution in [0.1, 0.15) is 18.9 Å². The smallest absolute Gasteiger partial charge is 0.475 e. The lowest BCUT2D eigenvalue weighted by atomic mass is 9.91. The predicted octanol–water partition coefficient (Wildman–Crippen LogP) is 1.48. The molecule has 2 aliphatic rings. The van der Waals surface area contributed by atoms with Crippen LogP contribution in [-0.4, -0.2) is 95.8 Å². The number of nitrogens with zero attached hydrogens (tertiary/aromatic N) is 4. The van der Waals surface area contributed by atoms with Gasteiger partial charge < -0.3 is 19.5 Å². The van der Waals surface area contributed by atoms with E-state index in [9.17, 15) is 18.0 Å². The number of fused-ring (bicyclic) bond motifs is 1. The highest BCUT2D eigenvalue weighted by molar-refractivity contribution is 5.76. The van der Waals surface area contributed by atoms with E-state index in [1.165, 1.54) is 5.56 Å². The number of rotatable bonds is 8. The van der Waals surface area contributed by atoms with Gasteiger partial charge in [-0.3, -0.25) is 14.4 Å². The molecule has 0 unspecified atom stereocenters. The lowest BCUT2D eigenvalue weighted by molar-refractivity contribution is -0.192. The van der Waals surface area contributed by atoms with E-state index in [2.05, 4.69) is 23.1 Å². The largest absolute Gasteiger partial charge is 0.490 e. The summed E-state index contributed by atoms with van der Waals surface area (Å²) in [5.41, 5.74) is 1.27. The summed E-state index contributed by atoms with van der Waals surface area (Å²) < 4.78 is 45.2. The molecule has 3 atom stereocenters. The van der Waals surface area contributed by atoms with Crippen LogP contribution in [0, 0.1) is 11.8 Å². The lowest BCUT2D eigenvalue weighted by Gasteiger charge is -2.19. The van der Waals surface area contributed by atoms with Crippen molar-refractivity contribution in [1.29, 1.82) is 0 Å². The van der Waals surface area contributed by atoms with E-state index in [1.54, 1.807) is 19.0 Å². The fourth-order valence-corrected chi connectivity index (χ4v) is 3.75. The standard InChI is InChI=1S/C18H30N4O3.C2HF3O2/c1-4-22-9-14(7-19-22)8-21-10-16-15(12-25-17(16)11-21)5-6-24-13-18(23)20(2)3;3-2(4,5)1(6)7/h7,9,15-17H,4-6,8,10-13H2,1-3H3;(H,6,7)/t15-,16-,17-;/m0./s1. The monoisotopic (exact) mass is 464 g/mol. The van der Waals surface area contributed by atoms with Crippen molar-refractivity contribution in [2.24, 2.45) is 11.8 Å². The molecule has 3 rings (SSSR count). The third kappa shape index (κ3) is 7.75. The Balaban J connectivity index is 0.000000451. The molecule has 9 nitrogen and oxygen atoms in total. The fourth-order valence-electron chi connectivity index (χ4n) is 3.75. The van der Waals surface area contributed by atoms with Gasteiger partial charge in [0.25, 0.3) is 0 Å². The zero-order valence-corrected chi connectivity index (χ0v) is 18.5. The van der Waals surface area contributed by atoms with E-state index < -0.39 is 12.1 Å². The number of likely N-dealkylation sites (tertiary alicyclic amines) is 1. The minimum absolute atomic E-state index is 0.0141. The third-order valence-corrected chi connectivity index (χ3v) is 5.53. The highest BCUT2D eigenvalue weighted by Crippen LogP contribution is 2.36. The Bertz CT molecular complexity index is 756. The van der Waals surface area contributed by atoms with Crippen LogP contribution < -0.4 is 0 Å². The van der Waals surface area contributed by atoms with Crippen LogP contribution in [0.25, 0.3) is 0 Å². The van der Waals surface area contributed by atoms with Gasteiger partial charge in [0.15, 0.2) is 0 Å². The molecule has 1 aromatic heterocycles. The first-order valence-electron chi connectivity index (χ1n) is 10.4. The van der Waals surface area contributed by atoms with Gasteiger partial charge in [0.2, 0.25) is 5.91 Å². The molecule has 0 radical (unpaired) electrons. The molecule has 0 spiro atoms. The second-order valence-corrected chi connectivity index (χ2v) is 8.13. The maximum atomic E-state index is 11.5. The molecule has 0 bridgehead atoms. The zero-order valence-electron chi connectivity index (χ0n) is 18.5. The second-order valence-electron chi connectivity index (χ2n) is 8.13. The first-order chi connectivity index (χ1) is 15.0. The number of hydrogen-bond acceptors (Lipinski definition) is 6. The summed E-state index contributed by atoms with van der Waals surface area (Å²) in [4.78, 5) is 24.4. The number of aliphatic carboxylic acids is 1. The minimum atomic E-state index is -5.08. The number of hydrogen-bond donors (Lipinski definition) is 1. The summed E-state index contributed by atoms with van der Waals surface area (Å²) >= 11 is 0. The lowest BCUT2D eigenvalue weighted by Crippen LogP contribution is -2.27. The number of carboxylic acid groups (broad SMARTS) is 1. The zero-order chi connectivity index (χ0) is 23.9. The van der Waals surface area contributed by atoms with Gasteiger partial charge in [0, 0.05) is 64.6 Å². The van der Waals surface area contributed by atoms with E-state index in [-0.39, 0.29) is 12.5 Å².